The van der Waals surface area contributed by atoms with E-state index < -0.39 is 0 Å². The van der Waals surface area contributed by atoms with E-state index in [2.05, 4.69) is 31.3 Å². The van der Waals surface area contributed by atoms with Gasteiger partial charge >= 0.3 is 0 Å². The van der Waals surface area contributed by atoms with E-state index in [1.165, 1.54) is 0 Å². The molecule has 0 unspecified atom stereocenters. The lowest BCUT2D eigenvalue weighted by molar-refractivity contribution is 0.103. The van der Waals surface area contributed by atoms with Gasteiger partial charge < -0.3 is 21.3 Å². The number of nitrogens with one attached hydrogen (secondary N) is 4. The minimum Gasteiger partial charge on any atom is -0.354 e. The van der Waals surface area contributed by atoms with Gasteiger partial charge in [0, 0.05) is 35.6 Å². The first-order chi connectivity index (χ1) is 12.8. The summed E-state index contributed by atoms with van der Waals surface area (Å²) in [5.74, 6) is 1.50. The number of benzene rings is 2. The van der Waals surface area contributed by atoms with Crippen LogP contribution in [0.4, 0.5) is 11.4 Å². The smallest absolute Gasteiger partial charge is 0.195 e. The van der Waals surface area contributed by atoms with E-state index in [0.29, 0.717) is 11.1 Å². The van der Waals surface area contributed by atoms with Gasteiger partial charge in [0.15, 0.2) is 17.7 Å². The number of hydrogen-bond donors (Lipinski definition) is 4. The lowest BCUT2D eigenvalue weighted by Crippen LogP contribution is -2.26. The number of aliphatic imine (C=N–C) groups is 2. The van der Waals surface area contributed by atoms with Crippen molar-refractivity contribution in [2.24, 2.45) is 9.98 Å². The molecule has 0 bridgehead atoms. The summed E-state index contributed by atoms with van der Waals surface area (Å²) in [7, 11) is 0. The Morgan fingerprint density at radius 2 is 1.46 bits per heavy atom. The molecule has 0 saturated carbocycles. The van der Waals surface area contributed by atoms with E-state index in [4.69, 9.17) is 0 Å². The summed E-state index contributed by atoms with van der Waals surface area (Å²) in [5.41, 5.74) is 3.02. The van der Waals surface area contributed by atoms with Crippen LogP contribution in [0.3, 0.4) is 0 Å². The van der Waals surface area contributed by atoms with Crippen LogP contribution in [0, 0.1) is 0 Å². The van der Waals surface area contributed by atoms with Gasteiger partial charge in [-0.15, -0.1) is 0 Å². The zero-order valence-electron chi connectivity index (χ0n) is 14.2. The second-order valence-corrected chi connectivity index (χ2v) is 6.05. The Morgan fingerprint density at radius 3 is 2.08 bits per heavy atom. The minimum absolute atomic E-state index is 0.0159. The van der Waals surface area contributed by atoms with Crippen molar-refractivity contribution in [3.63, 3.8) is 0 Å². The summed E-state index contributed by atoms with van der Waals surface area (Å²) in [6.07, 6.45) is 0. The molecule has 0 spiro atoms. The predicted octanol–water partition coefficient (Wildman–Crippen LogP) is 1.66. The number of nitrogens with zero attached hydrogens (tertiary/aromatic N) is 2. The minimum atomic E-state index is -0.0159. The Bertz CT molecular complexity index is 872. The summed E-state index contributed by atoms with van der Waals surface area (Å²) in [6, 6.07) is 14.9. The van der Waals surface area contributed by atoms with Gasteiger partial charge in [0.25, 0.3) is 0 Å². The maximum atomic E-state index is 12.8. The Balaban J connectivity index is 1.46. The van der Waals surface area contributed by atoms with Crippen LogP contribution in [0.5, 0.6) is 0 Å². The summed E-state index contributed by atoms with van der Waals surface area (Å²) in [4.78, 5) is 21.4. The van der Waals surface area contributed by atoms with Crippen molar-refractivity contribution in [2.75, 3.05) is 36.8 Å². The lowest BCUT2D eigenvalue weighted by atomic mass is 10.0. The van der Waals surface area contributed by atoms with Gasteiger partial charge in [0.2, 0.25) is 0 Å². The maximum Gasteiger partial charge on any atom is 0.195 e. The van der Waals surface area contributed by atoms with E-state index in [0.717, 1.165) is 49.5 Å². The monoisotopic (exact) mass is 348 g/mol. The third kappa shape index (κ3) is 3.66. The molecule has 0 aliphatic carbocycles. The SMILES string of the molecule is O=C(c1ccc(NC2=NCCN2)cc1)c1cccc(NC2=NCCN2)c1. The first-order valence-corrected chi connectivity index (χ1v) is 8.63. The highest BCUT2D eigenvalue weighted by Crippen LogP contribution is 2.17. The molecular weight excluding hydrogens is 328 g/mol. The lowest BCUT2D eigenvalue weighted by Gasteiger charge is -2.09. The topological polar surface area (TPSA) is 89.9 Å². The Morgan fingerprint density at radius 1 is 0.808 bits per heavy atom. The number of carbonyl (C=O) groups is 1. The average Bonchev–Trinajstić information content (AvgIpc) is 3.36. The molecule has 4 N–H and O–H groups in total. The standard InChI is InChI=1S/C19H20N6O/c26-17(13-4-6-15(7-5-13)24-18-20-8-9-21-18)14-2-1-3-16(12-14)25-19-22-10-11-23-19/h1-7,12H,8-11H2,(H2,20,21,24)(H2,22,23,25). The molecule has 7 nitrogen and oxygen atoms in total. The largest absolute Gasteiger partial charge is 0.354 e. The molecule has 2 aliphatic rings. The zero-order valence-corrected chi connectivity index (χ0v) is 14.2. The fourth-order valence-electron chi connectivity index (χ4n) is 2.85. The molecule has 0 radical (unpaired) electrons. The molecule has 4 rings (SSSR count). The molecule has 0 amide bonds. The molecule has 0 atom stereocenters. The highest BCUT2D eigenvalue weighted by molar-refractivity contribution is 6.10. The summed E-state index contributed by atoms with van der Waals surface area (Å²) >= 11 is 0. The quantitative estimate of drug-likeness (QED) is 0.631. The van der Waals surface area contributed by atoms with Gasteiger partial charge in [0.05, 0.1) is 13.1 Å². The zero-order chi connectivity index (χ0) is 17.8. The van der Waals surface area contributed by atoms with Crippen molar-refractivity contribution in [1.82, 2.24) is 10.6 Å². The van der Waals surface area contributed by atoms with Gasteiger partial charge in [-0.05, 0) is 36.4 Å². The molecule has 2 aromatic carbocycles. The van der Waals surface area contributed by atoms with Crippen LogP contribution in [0.15, 0.2) is 58.5 Å². The molecule has 0 saturated heterocycles. The van der Waals surface area contributed by atoms with Crippen molar-refractivity contribution in [3.05, 3.63) is 59.7 Å². The van der Waals surface area contributed by atoms with E-state index in [9.17, 15) is 4.79 Å². The van der Waals surface area contributed by atoms with E-state index in [-0.39, 0.29) is 5.78 Å². The normalized spacial score (nSPS) is 15.5. The Labute approximate surface area is 151 Å². The van der Waals surface area contributed by atoms with Crippen molar-refractivity contribution in [3.8, 4) is 0 Å². The van der Waals surface area contributed by atoms with Gasteiger partial charge in [-0.1, -0.05) is 12.1 Å². The van der Waals surface area contributed by atoms with Crippen LogP contribution >= 0.6 is 0 Å². The number of carbonyl (C=O) groups excluding carboxylic acids is 1. The summed E-state index contributed by atoms with van der Waals surface area (Å²) < 4.78 is 0. The van der Waals surface area contributed by atoms with Crippen molar-refractivity contribution >= 4 is 29.1 Å². The molecule has 2 aliphatic heterocycles. The van der Waals surface area contributed by atoms with E-state index >= 15 is 0 Å². The van der Waals surface area contributed by atoms with Crippen molar-refractivity contribution in [2.45, 2.75) is 0 Å². The second-order valence-electron chi connectivity index (χ2n) is 6.05. The van der Waals surface area contributed by atoms with E-state index in [1.807, 2.05) is 48.5 Å². The van der Waals surface area contributed by atoms with Crippen molar-refractivity contribution < 1.29 is 4.79 Å². The number of anilines is 2. The van der Waals surface area contributed by atoms with Gasteiger partial charge in [0.1, 0.15) is 0 Å². The first-order valence-electron chi connectivity index (χ1n) is 8.63. The average molecular weight is 348 g/mol. The van der Waals surface area contributed by atoms with Crippen LogP contribution in [-0.2, 0) is 0 Å². The molecule has 2 heterocycles. The summed E-state index contributed by atoms with van der Waals surface area (Å²) in [5, 5.41) is 12.7. The number of guanidine groups is 2. The molecule has 132 valence electrons. The van der Waals surface area contributed by atoms with Gasteiger partial charge in [-0.25, -0.2) is 0 Å². The van der Waals surface area contributed by atoms with Crippen LogP contribution in [0.2, 0.25) is 0 Å². The molecule has 0 aromatic heterocycles. The van der Waals surface area contributed by atoms with Gasteiger partial charge in [-0.2, -0.15) is 0 Å². The molecule has 0 fully saturated rings. The predicted molar refractivity (Wildman–Crippen MR) is 104 cm³/mol. The third-order valence-electron chi connectivity index (χ3n) is 4.15. The van der Waals surface area contributed by atoms with Crippen molar-refractivity contribution in [1.29, 1.82) is 0 Å². The fraction of sp³-hybridized carbons (Fsp3) is 0.211. The fourth-order valence-corrected chi connectivity index (χ4v) is 2.85. The summed E-state index contributed by atoms with van der Waals surface area (Å²) in [6.45, 7) is 3.24. The van der Waals surface area contributed by atoms with Crippen LogP contribution < -0.4 is 21.3 Å². The van der Waals surface area contributed by atoms with Gasteiger partial charge in [-0.3, -0.25) is 14.8 Å². The highest BCUT2D eigenvalue weighted by Gasteiger charge is 2.12. The molecular formula is C19H20N6O. The van der Waals surface area contributed by atoms with Crippen LogP contribution in [0.25, 0.3) is 0 Å². The molecule has 2 aromatic rings. The van der Waals surface area contributed by atoms with E-state index in [1.54, 1.807) is 0 Å². The first kappa shape index (κ1) is 16.1. The molecule has 7 heteroatoms. The Hall–Kier alpha value is -3.35. The Kier molecular flexibility index (Phi) is 4.51. The number of rotatable bonds is 4. The maximum absolute atomic E-state index is 12.8. The highest BCUT2D eigenvalue weighted by atomic mass is 16.1. The number of ketones is 1. The second kappa shape index (κ2) is 7.26. The molecule has 26 heavy (non-hydrogen) atoms. The third-order valence-corrected chi connectivity index (χ3v) is 4.15. The van der Waals surface area contributed by atoms with Crippen LogP contribution in [-0.4, -0.2) is 43.9 Å². The van der Waals surface area contributed by atoms with Crippen LogP contribution in [0.1, 0.15) is 15.9 Å². The number of hydrogen-bond acceptors (Lipinski definition) is 7.